The Labute approximate surface area is 58.4 Å². The van der Waals surface area contributed by atoms with Gasteiger partial charge in [0.2, 0.25) is 0 Å². The lowest BCUT2D eigenvalue weighted by molar-refractivity contribution is -0.120. The standard InChI is InChI=1S/C7H7NO2/c8-6-2-1-3-7(4-6)10-5-9/h1-5H,8H2. The zero-order valence-corrected chi connectivity index (χ0v) is 5.28. The number of carbonyl (C=O) groups is 1. The van der Waals surface area contributed by atoms with Gasteiger partial charge in [0.1, 0.15) is 5.75 Å². The fourth-order valence-corrected chi connectivity index (χ4v) is 0.643. The molecule has 0 saturated carbocycles. The Morgan fingerprint density at radius 3 is 2.90 bits per heavy atom. The predicted octanol–water partition coefficient (Wildman–Crippen LogP) is 0.804. The third-order valence-corrected chi connectivity index (χ3v) is 1.04. The van der Waals surface area contributed by atoms with E-state index in [1.54, 1.807) is 24.3 Å². The van der Waals surface area contributed by atoms with Gasteiger partial charge in [0.05, 0.1) is 0 Å². The first kappa shape index (κ1) is 6.61. The Bertz CT molecular complexity index is 235. The van der Waals surface area contributed by atoms with Gasteiger partial charge in [0, 0.05) is 11.8 Å². The minimum absolute atomic E-state index is 0.370. The van der Waals surface area contributed by atoms with Gasteiger partial charge >= 0.3 is 0 Å². The number of anilines is 1. The Balaban J connectivity index is 2.84. The number of ether oxygens (including phenoxy) is 1. The molecule has 0 aliphatic rings. The van der Waals surface area contributed by atoms with Crippen LogP contribution in [0, 0.1) is 0 Å². The summed E-state index contributed by atoms with van der Waals surface area (Å²) in [6.45, 7) is 0.370. The summed E-state index contributed by atoms with van der Waals surface area (Å²) in [5.74, 6) is 0.468. The fourth-order valence-electron chi connectivity index (χ4n) is 0.643. The molecule has 0 aromatic heterocycles. The summed E-state index contributed by atoms with van der Waals surface area (Å²) in [5, 5.41) is 0. The topological polar surface area (TPSA) is 52.3 Å². The lowest BCUT2D eigenvalue weighted by Crippen LogP contribution is -1.89. The quantitative estimate of drug-likeness (QED) is 0.484. The molecule has 1 rings (SSSR count). The van der Waals surface area contributed by atoms with Crippen molar-refractivity contribution in [1.82, 2.24) is 0 Å². The van der Waals surface area contributed by atoms with Crippen molar-refractivity contribution in [2.24, 2.45) is 0 Å². The molecule has 0 heterocycles. The van der Waals surface area contributed by atoms with Crippen LogP contribution in [-0.2, 0) is 4.79 Å². The Hall–Kier alpha value is -1.51. The first-order valence-corrected chi connectivity index (χ1v) is 2.79. The maximum absolute atomic E-state index is 9.82. The fraction of sp³-hybridized carbons (Fsp3) is 0. The maximum atomic E-state index is 9.82. The van der Waals surface area contributed by atoms with Crippen LogP contribution in [0.25, 0.3) is 0 Å². The van der Waals surface area contributed by atoms with Gasteiger partial charge in [-0.2, -0.15) is 0 Å². The third kappa shape index (κ3) is 1.48. The molecule has 3 heteroatoms. The number of carbonyl (C=O) groups excluding carboxylic acids is 1. The summed E-state index contributed by atoms with van der Waals surface area (Å²) in [6.07, 6.45) is 0. The van der Waals surface area contributed by atoms with Gasteiger partial charge in [-0.3, -0.25) is 4.79 Å². The van der Waals surface area contributed by atoms with Gasteiger partial charge < -0.3 is 10.5 Å². The summed E-state index contributed by atoms with van der Waals surface area (Å²) in [6, 6.07) is 6.67. The molecule has 0 spiro atoms. The average Bonchev–Trinajstić information content (AvgIpc) is 1.88. The van der Waals surface area contributed by atoms with E-state index in [0.29, 0.717) is 17.9 Å². The second-order valence-corrected chi connectivity index (χ2v) is 1.79. The molecule has 0 bridgehead atoms. The van der Waals surface area contributed by atoms with Crippen LogP contribution < -0.4 is 10.5 Å². The van der Waals surface area contributed by atoms with Gasteiger partial charge in [-0.15, -0.1) is 0 Å². The van der Waals surface area contributed by atoms with Crippen LogP contribution in [0.15, 0.2) is 24.3 Å². The lowest BCUT2D eigenvalue weighted by atomic mass is 10.3. The number of nitrogen functional groups attached to an aromatic ring is 1. The largest absolute Gasteiger partial charge is 0.429 e. The monoisotopic (exact) mass is 137 g/mol. The van der Waals surface area contributed by atoms with Crippen LogP contribution in [0.3, 0.4) is 0 Å². The normalized spacial score (nSPS) is 8.80. The Kier molecular flexibility index (Phi) is 1.89. The van der Waals surface area contributed by atoms with Crippen molar-refractivity contribution in [3.8, 4) is 5.75 Å². The number of hydrogen-bond donors (Lipinski definition) is 1. The summed E-state index contributed by atoms with van der Waals surface area (Å²) >= 11 is 0. The maximum Gasteiger partial charge on any atom is 0.298 e. The number of rotatable bonds is 2. The van der Waals surface area contributed by atoms with Crippen LogP contribution in [0.4, 0.5) is 5.69 Å². The average molecular weight is 137 g/mol. The van der Waals surface area contributed by atoms with E-state index in [9.17, 15) is 4.79 Å². The molecule has 1 aromatic rings. The second-order valence-electron chi connectivity index (χ2n) is 1.79. The highest BCUT2D eigenvalue weighted by Crippen LogP contribution is 2.12. The molecular formula is C7H7NO2. The molecule has 0 unspecified atom stereocenters. The van der Waals surface area contributed by atoms with E-state index in [-0.39, 0.29) is 0 Å². The minimum Gasteiger partial charge on any atom is -0.429 e. The molecule has 3 nitrogen and oxygen atoms in total. The van der Waals surface area contributed by atoms with Crippen molar-refractivity contribution in [1.29, 1.82) is 0 Å². The van der Waals surface area contributed by atoms with Crippen molar-refractivity contribution >= 4 is 12.2 Å². The zero-order valence-electron chi connectivity index (χ0n) is 5.28. The molecule has 0 amide bonds. The third-order valence-electron chi connectivity index (χ3n) is 1.04. The van der Waals surface area contributed by atoms with Gasteiger partial charge in [0.25, 0.3) is 6.47 Å². The Morgan fingerprint density at radius 1 is 1.50 bits per heavy atom. The molecule has 0 fully saturated rings. The smallest absolute Gasteiger partial charge is 0.298 e. The number of hydrogen-bond acceptors (Lipinski definition) is 3. The molecular weight excluding hydrogens is 130 g/mol. The van der Waals surface area contributed by atoms with E-state index >= 15 is 0 Å². The van der Waals surface area contributed by atoms with Crippen LogP contribution in [0.2, 0.25) is 0 Å². The van der Waals surface area contributed by atoms with E-state index in [0.717, 1.165) is 0 Å². The summed E-state index contributed by atoms with van der Waals surface area (Å²) in [4.78, 5) is 9.82. The molecule has 52 valence electrons. The zero-order chi connectivity index (χ0) is 7.40. The van der Waals surface area contributed by atoms with E-state index < -0.39 is 0 Å². The molecule has 0 aliphatic heterocycles. The van der Waals surface area contributed by atoms with Crippen molar-refractivity contribution in [3.05, 3.63) is 24.3 Å². The molecule has 10 heavy (non-hydrogen) atoms. The van der Waals surface area contributed by atoms with Crippen LogP contribution in [0.5, 0.6) is 5.75 Å². The molecule has 1 aromatic carbocycles. The van der Waals surface area contributed by atoms with E-state index in [1.807, 2.05) is 0 Å². The van der Waals surface area contributed by atoms with Gasteiger partial charge in [-0.1, -0.05) is 6.07 Å². The second kappa shape index (κ2) is 2.87. The predicted molar refractivity (Wildman–Crippen MR) is 37.5 cm³/mol. The summed E-state index contributed by atoms with van der Waals surface area (Å²) < 4.78 is 4.53. The lowest BCUT2D eigenvalue weighted by Gasteiger charge is -1.96. The van der Waals surface area contributed by atoms with E-state index in [1.165, 1.54) is 0 Å². The molecule has 0 radical (unpaired) electrons. The highest BCUT2D eigenvalue weighted by atomic mass is 16.5. The van der Waals surface area contributed by atoms with Crippen molar-refractivity contribution < 1.29 is 9.53 Å². The van der Waals surface area contributed by atoms with Gasteiger partial charge in [-0.05, 0) is 12.1 Å². The van der Waals surface area contributed by atoms with Gasteiger partial charge in [0.15, 0.2) is 0 Å². The van der Waals surface area contributed by atoms with Crippen molar-refractivity contribution in [2.45, 2.75) is 0 Å². The summed E-state index contributed by atoms with van der Waals surface area (Å²) in [5.41, 5.74) is 5.98. The number of nitrogens with two attached hydrogens (primary N) is 1. The van der Waals surface area contributed by atoms with Crippen LogP contribution in [0.1, 0.15) is 0 Å². The number of benzene rings is 1. The minimum atomic E-state index is 0.370. The Morgan fingerprint density at radius 2 is 2.30 bits per heavy atom. The molecule has 0 saturated heterocycles. The highest BCUT2D eigenvalue weighted by molar-refractivity contribution is 5.50. The van der Waals surface area contributed by atoms with Gasteiger partial charge in [-0.25, -0.2) is 0 Å². The molecule has 0 atom stereocenters. The van der Waals surface area contributed by atoms with E-state index in [2.05, 4.69) is 4.74 Å². The SMILES string of the molecule is Nc1cccc(OC=O)c1. The van der Waals surface area contributed by atoms with Crippen molar-refractivity contribution in [3.63, 3.8) is 0 Å². The first-order valence-electron chi connectivity index (χ1n) is 2.79. The van der Waals surface area contributed by atoms with Crippen LogP contribution >= 0.6 is 0 Å². The summed E-state index contributed by atoms with van der Waals surface area (Å²) in [7, 11) is 0. The first-order chi connectivity index (χ1) is 4.83. The highest BCUT2D eigenvalue weighted by Gasteiger charge is 1.90. The van der Waals surface area contributed by atoms with E-state index in [4.69, 9.17) is 5.73 Å². The van der Waals surface area contributed by atoms with Crippen molar-refractivity contribution in [2.75, 3.05) is 5.73 Å². The van der Waals surface area contributed by atoms with Crippen LogP contribution in [-0.4, -0.2) is 6.47 Å². The molecule has 0 aliphatic carbocycles. The molecule has 2 N–H and O–H groups in total.